The average Bonchev–Trinajstić information content (AvgIpc) is 2.61. The van der Waals surface area contributed by atoms with Gasteiger partial charge >= 0.3 is 0 Å². The molecule has 4 heteroatoms. The lowest BCUT2D eigenvalue weighted by atomic mass is 10.1. The van der Waals surface area contributed by atoms with Crippen LogP contribution in [0.25, 0.3) is 0 Å². The van der Waals surface area contributed by atoms with Gasteiger partial charge in [-0.1, -0.05) is 47.5 Å². The summed E-state index contributed by atoms with van der Waals surface area (Å²) in [5, 5.41) is 0.763. The van der Waals surface area contributed by atoms with E-state index in [1.165, 1.54) is 0 Å². The van der Waals surface area contributed by atoms with E-state index in [9.17, 15) is 4.79 Å². The van der Waals surface area contributed by atoms with Crippen LogP contribution in [0.15, 0.2) is 60.8 Å². The Balaban J connectivity index is 1.55. The second kappa shape index (κ2) is 7.54. The molecule has 0 aliphatic carbocycles. The van der Waals surface area contributed by atoms with Gasteiger partial charge in [0.15, 0.2) is 5.78 Å². The summed E-state index contributed by atoms with van der Waals surface area (Å²) in [4.78, 5) is 16.7. The summed E-state index contributed by atoms with van der Waals surface area (Å²) in [5.41, 5.74) is 3.05. The fourth-order valence-corrected chi connectivity index (χ4v) is 2.97. The van der Waals surface area contributed by atoms with Gasteiger partial charge in [-0.05, 0) is 25.1 Å². The van der Waals surface area contributed by atoms with E-state index in [2.05, 4.69) is 15.9 Å². The van der Waals surface area contributed by atoms with Gasteiger partial charge < -0.3 is 9.80 Å². The van der Waals surface area contributed by atoms with Crippen molar-refractivity contribution >= 4 is 23.1 Å². The molecule has 2 aromatic carbocycles. The van der Waals surface area contributed by atoms with Gasteiger partial charge in [-0.15, -0.1) is 0 Å². The molecule has 0 amide bonds. The number of rotatable bonds is 4. The number of ketones is 1. The molecule has 1 heterocycles. The van der Waals surface area contributed by atoms with E-state index in [0.717, 1.165) is 48.0 Å². The maximum absolute atomic E-state index is 12.2. The Hall–Kier alpha value is -2.26. The molecule has 1 saturated heterocycles. The van der Waals surface area contributed by atoms with Crippen LogP contribution in [0.3, 0.4) is 0 Å². The first-order valence-electron chi connectivity index (χ1n) is 8.15. The van der Waals surface area contributed by atoms with E-state index in [0.29, 0.717) is 0 Å². The molecule has 3 nitrogen and oxygen atoms in total. The number of nitrogens with zero attached hydrogens (tertiary/aromatic N) is 2. The van der Waals surface area contributed by atoms with E-state index in [-0.39, 0.29) is 5.78 Å². The summed E-state index contributed by atoms with van der Waals surface area (Å²) >= 11 is 6.06. The van der Waals surface area contributed by atoms with Crippen LogP contribution >= 0.6 is 11.6 Å². The molecular weight excluding hydrogens is 320 g/mol. The van der Waals surface area contributed by atoms with Crippen molar-refractivity contribution in [2.75, 3.05) is 31.1 Å². The van der Waals surface area contributed by atoms with Crippen LogP contribution in [0.5, 0.6) is 0 Å². The highest BCUT2D eigenvalue weighted by Gasteiger charge is 2.15. The zero-order valence-electron chi connectivity index (χ0n) is 13.8. The quantitative estimate of drug-likeness (QED) is 0.616. The number of carbonyl (C=O) groups excluding carboxylic acids is 1. The molecule has 0 unspecified atom stereocenters. The molecule has 0 radical (unpaired) electrons. The monoisotopic (exact) mass is 340 g/mol. The lowest BCUT2D eigenvalue weighted by molar-refractivity contribution is 0.104. The first-order valence-corrected chi connectivity index (χ1v) is 8.53. The topological polar surface area (TPSA) is 23.6 Å². The maximum Gasteiger partial charge on any atom is 0.187 e. The van der Waals surface area contributed by atoms with Crippen LogP contribution in [0.1, 0.15) is 15.9 Å². The number of aryl methyl sites for hydroxylation is 1. The Morgan fingerprint density at radius 1 is 1.04 bits per heavy atom. The Labute approximate surface area is 148 Å². The Bertz CT molecular complexity index is 732. The van der Waals surface area contributed by atoms with Crippen molar-refractivity contribution in [3.05, 3.63) is 77.0 Å². The van der Waals surface area contributed by atoms with Gasteiger partial charge in [-0.25, -0.2) is 0 Å². The molecule has 24 heavy (non-hydrogen) atoms. The van der Waals surface area contributed by atoms with Gasteiger partial charge in [-0.2, -0.15) is 0 Å². The van der Waals surface area contributed by atoms with Crippen LogP contribution in [0, 0.1) is 6.92 Å². The normalized spacial score (nSPS) is 15.1. The zero-order chi connectivity index (χ0) is 16.9. The van der Waals surface area contributed by atoms with Gasteiger partial charge in [0, 0.05) is 54.7 Å². The third-order valence-corrected chi connectivity index (χ3v) is 4.50. The van der Waals surface area contributed by atoms with Crippen molar-refractivity contribution in [2.24, 2.45) is 0 Å². The lowest BCUT2D eigenvalue weighted by Gasteiger charge is -2.35. The number of allylic oxidation sites excluding steroid dienone is 1. The van der Waals surface area contributed by atoms with Gasteiger partial charge in [0.05, 0.1) is 0 Å². The smallest absolute Gasteiger partial charge is 0.187 e. The lowest BCUT2D eigenvalue weighted by Crippen LogP contribution is -2.44. The summed E-state index contributed by atoms with van der Waals surface area (Å²) < 4.78 is 0. The van der Waals surface area contributed by atoms with Gasteiger partial charge in [0.25, 0.3) is 0 Å². The highest BCUT2D eigenvalue weighted by atomic mass is 35.5. The van der Waals surface area contributed by atoms with Gasteiger partial charge in [0.2, 0.25) is 0 Å². The van der Waals surface area contributed by atoms with E-state index in [1.54, 1.807) is 6.08 Å². The van der Waals surface area contributed by atoms with E-state index in [4.69, 9.17) is 11.6 Å². The Morgan fingerprint density at radius 3 is 2.42 bits per heavy atom. The van der Waals surface area contributed by atoms with Crippen molar-refractivity contribution in [3.8, 4) is 0 Å². The van der Waals surface area contributed by atoms with Gasteiger partial charge in [0.1, 0.15) is 0 Å². The largest absolute Gasteiger partial charge is 0.374 e. The van der Waals surface area contributed by atoms with Crippen LogP contribution < -0.4 is 4.90 Å². The molecule has 124 valence electrons. The number of carbonyl (C=O) groups is 1. The molecule has 0 bridgehead atoms. The fraction of sp³-hybridized carbons (Fsp3) is 0.250. The Kier molecular flexibility index (Phi) is 5.21. The maximum atomic E-state index is 12.2. The first kappa shape index (κ1) is 16.6. The number of hydrogen-bond donors (Lipinski definition) is 0. The van der Waals surface area contributed by atoms with Crippen LogP contribution in [0.4, 0.5) is 5.69 Å². The molecule has 1 fully saturated rings. The van der Waals surface area contributed by atoms with Crippen molar-refractivity contribution in [1.82, 2.24) is 4.90 Å². The standard InChI is InChI=1S/C20H21ClN2O/c1-16-5-7-17(8-6-16)20(24)9-10-22-11-13-23(14-12-22)19-4-2-3-18(21)15-19/h2-10,15H,11-14H2,1H3/b10-9+. The summed E-state index contributed by atoms with van der Waals surface area (Å²) in [6, 6.07) is 15.6. The van der Waals surface area contributed by atoms with Crippen LogP contribution in [0.2, 0.25) is 5.02 Å². The summed E-state index contributed by atoms with van der Waals surface area (Å²) in [5.74, 6) is 0.0484. The molecule has 2 aromatic rings. The van der Waals surface area contributed by atoms with Crippen molar-refractivity contribution < 1.29 is 4.79 Å². The third-order valence-electron chi connectivity index (χ3n) is 4.26. The van der Waals surface area contributed by atoms with Gasteiger partial charge in [-0.3, -0.25) is 4.79 Å². The fourth-order valence-electron chi connectivity index (χ4n) is 2.79. The highest BCUT2D eigenvalue weighted by molar-refractivity contribution is 6.30. The predicted molar refractivity (Wildman–Crippen MR) is 99.9 cm³/mol. The third kappa shape index (κ3) is 4.18. The average molecular weight is 341 g/mol. The predicted octanol–water partition coefficient (Wildman–Crippen LogP) is 4.17. The zero-order valence-corrected chi connectivity index (χ0v) is 14.5. The van der Waals surface area contributed by atoms with E-state index in [1.807, 2.05) is 55.6 Å². The van der Waals surface area contributed by atoms with E-state index >= 15 is 0 Å². The molecule has 0 aromatic heterocycles. The van der Waals surface area contributed by atoms with Crippen LogP contribution in [-0.4, -0.2) is 36.9 Å². The number of halogens is 1. The molecule has 1 aliphatic rings. The molecule has 0 N–H and O–H groups in total. The summed E-state index contributed by atoms with van der Waals surface area (Å²) in [7, 11) is 0. The first-order chi connectivity index (χ1) is 11.6. The second-order valence-electron chi connectivity index (χ2n) is 6.05. The minimum atomic E-state index is 0.0484. The van der Waals surface area contributed by atoms with Crippen molar-refractivity contribution in [2.45, 2.75) is 6.92 Å². The number of hydrogen-bond acceptors (Lipinski definition) is 3. The van der Waals surface area contributed by atoms with E-state index < -0.39 is 0 Å². The summed E-state index contributed by atoms with van der Waals surface area (Å²) in [6.45, 7) is 5.64. The Morgan fingerprint density at radius 2 is 1.75 bits per heavy atom. The number of piperazine rings is 1. The minimum absolute atomic E-state index is 0.0484. The van der Waals surface area contributed by atoms with Crippen molar-refractivity contribution in [1.29, 1.82) is 0 Å². The SMILES string of the molecule is Cc1ccc(C(=O)/C=C/N2CCN(c3cccc(Cl)c3)CC2)cc1. The molecular formula is C20H21ClN2O. The van der Waals surface area contributed by atoms with Crippen LogP contribution in [-0.2, 0) is 0 Å². The highest BCUT2D eigenvalue weighted by Crippen LogP contribution is 2.20. The number of benzene rings is 2. The molecule has 3 rings (SSSR count). The number of anilines is 1. The second-order valence-corrected chi connectivity index (χ2v) is 6.49. The molecule has 1 aliphatic heterocycles. The molecule has 0 atom stereocenters. The van der Waals surface area contributed by atoms with Crippen molar-refractivity contribution in [3.63, 3.8) is 0 Å². The molecule has 0 saturated carbocycles. The minimum Gasteiger partial charge on any atom is -0.374 e. The molecule has 0 spiro atoms. The summed E-state index contributed by atoms with van der Waals surface area (Å²) in [6.07, 6.45) is 3.58.